The Hall–Kier alpha value is -3.38. The molecule has 0 aliphatic carbocycles. The smallest absolute Gasteiger partial charge is 0.344 e. The van der Waals surface area contributed by atoms with E-state index in [-0.39, 0.29) is 17.9 Å². The number of carbonyl (C=O) groups excluding carboxylic acids is 1. The number of aliphatic imine (C=N–C) groups is 1. The first kappa shape index (κ1) is 20.9. The lowest BCUT2D eigenvalue weighted by molar-refractivity contribution is 0.0525. The molecule has 0 fully saturated rings. The number of anilines is 2. The normalized spacial score (nSPS) is 13.5. The molecule has 3 aromatic rings. The predicted molar refractivity (Wildman–Crippen MR) is 128 cm³/mol. The number of allylic oxidation sites excluding steroid dienone is 1. The second-order valence-corrected chi connectivity index (χ2v) is 8.31. The molecule has 4 rings (SSSR count). The van der Waals surface area contributed by atoms with Crippen LogP contribution in [0.1, 0.15) is 45.8 Å². The number of nitrogens with zero attached hydrogens (tertiary/aromatic N) is 1. The second kappa shape index (κ2) is 8.78. The largest absolute Gasteiger partial charge is 0.505 e. The molecule has 0 spiro atoms. The monoisotopic (exact) mass is 432 g/mol. The van der Waals surface area contributed by atoms with Gasteiger partial charge in [-0.15, -0.1) is 11.3 Å². The lowest BCUT2D eigenvalue weighted by Gasteiger charge is -2.07. The van der Waals surface area contributed by atoms with E-state index in [4.69, 9.17) is 4.74 Å². The number of fused-ring (bicyclic) bond motifs is 1. The van der Waals surface area contributed by atoms with Crippen LogP contribution in [-0.4, -0.2) is 23.9 Å². The van der Waals surface area contributed by atoms with Gasteiger partial charge in [-0.1, -0.05) is 42.8 Å². The second-order valence-electron chi connectivity index (χ2n) is 7.26. The summed E-state index contributed by atoms with van der Waals surface area (Å²) < 4.78 is 5.20. The zero-order valence-corrected chi connectivity index (χ0v) is 18.5. The number of rotatable bonds is 6. The fraction of sp³-hybridized carbons (Fsp3) is 0.200. The quantitative estimate of drug-likeness (QED) is 0.436. The van der Waals surface area contributed by atoms with Crippen LogP contribution in [0.25, 0.3) is 11.6 Å². The Balaban J connectivity index is 1.76. The molecule has 0 atom stereocenters. The maximum Gasteiger partial charge on any atom is 0.344 e. The van der Waals surface area contributed by atoms with Crippen molar-refractivity contribution in [2.45, 2.75) is 27.2 Å². The van der Waals surface area contributed by atoms with Gasteiger partial charge in [-0.3, -0.25) is 4.99 Å². The van der Waals surface area contributed by atoms with Crippen molar-refractivity contribution >= 4 is 51.5 Å². The highest BCUT2D eigenvalue weighted by Gasteiger charge is 2.25. The summed E-state index contributed by atoms with van der Waals surface area (Å²) in [5.74, 6) is -0.636. The van der Waals surface area contributed by atoms with Gasteiger partial charge in [-0.25, -0.2) is 4.79 Å². The van der Waals surface area contributed by atoms with Crippen LogP contribution in [0.5, 0.6) is 5.75 Å². The summed E-state index contributed by atoms with van der Waals surface area (Å²) in [6.07, 6.45) is 4.58. The number of nitrogens with one attached hydrogen (secondary N) is 1. The van der Waals surface area contributed by atoms with Gasteiger partial charge in [0.1, 0.15) is 16.3 Å². The molecule has 1 aliphatic heterocycles. The third kappa shape index (κ3) is 4.11. The van der Waals surface area contributed by atoms with Crippen molar-refractivity contribution < 1.29 is 14.6 Å². The highest BCUT2D eigenvalue weighted by atomic mass is 32.1. The molecule has 31 heavy (non-hydrogen) atoms. The molecule has 6 heteroatoms. The average molecular weight is 433 g/mol. The van der Waals surface area contributed by atoms with Gasteiger partial charge >= 0.3 is 5.97 Å². The molecule has 0 saturated heterocycles. The lowest BCUT2D eigenvalue weighted by atomic mass is 10.0. The minimum absolute atomic E-state index is 0.0842. The molecule has 0 amide bonds. The van der Waals surface area contributed by atoms with Gasteiger partial charge < -0.3 is 15.2 Å². The molecule has 0 unspecified atom stereocenters. The number of ether oxygens (including phenoxy) is 1. The van der Waals surface area contributed by atoms with E-state index >= 15 is 0 Å². The summed E-state index contributed by atoms with van der Waals surface area (Å²) in [7, 11) is 0. The van der Waals surface area contributed by atoms with E-state index in [1.54, 1.807) is 13.1 Å². The summed E-state index contributed by atoms with van der Waals surface area (Å²) in [4.78, 5) is 17.7. The number of hydrogen-bond acceptors (Lipinski definition) is 6. The molecule has 2 N–H and O–H groups in total. The van der Waals surface area contributed by atoms with Crippen molar-refractivity contribution in [2.75, 3.05) is 11.9 Å². The molecule has 2 aromatic carbocycles. The first-order valence-electron chi connectivity index (χ1n) is 10.3. The number of aromatic hydroxyl groups is 1. The summed E-state index contributed by atoms with van der Waals surface area (Å²) in [6.45, 7) is 6.09. The molecule has 0 saturated carbocycles. The van der Waals surface area contributed by atoms with Crippen LogP contribution < -0.4 is 5.32 Å². The Kier molecular flexibility index (Phi) is 5.91. The van der Waals surface area contributed by atoms with E-state index in [2.05, 4.69) is 23.3 Å². The fourth-order valence-corrected chi connectivity index (χ4v) is 4.56. The van der Waals surface area contributed by atoms with E-state index in [9.17, 15) is 9.90 Å². The standard InChI is InChI=1S/C25H24N2O3S/c1-4-16-7-6-8-19-17(14-26-22(16)19)13-20-23(28)21(25(29)30-5-2)24(31-20)27-18-11-9-15(3)10-12-18/h6-14,27-28H,4-5H2,1-3H3. The molecular formula is C25H24N2O3S. The third-order valence-electron chi connectivity index (χ3n) is 5.13. The van der Waals surface area contributed by atoms with Crippen LogP contribution in [-0.2, 0) is 11.2 Å². The maximum atomic E-state index is 12.6. The van der Waals surface area contributed by atoms with E-state index in [1.165, 1.54) is 16.9 Å². The predicted octanol–water partition coefficient (Wildman–Crippen LogP) is 6.50. The maximum absolute atomic E-state index is 12.6. The molecule has 0 bridgehead atoms. The summed E-state index contributed by atoms with van der Waals surface area (Å²) >= 11 is 1.31. The third-order valence-corrected chi connectivity index (χ3v) is 6.17. The van der Waals surface area contributed by atoms with Crippen molar-refractivity contribution in [1.29, 1.82) is 0 Å². The van der Waals surface area contributed by atoms with Crippen molar-refractivity contribution in [3.05, 3.63) is 69.6 Å². The van der Waals surface area contributed by atoms with Crippen LogP contribution in [0, 0.1) is 6.92 Å². The summed E-state index contributed by atoms with van der Waals surface area (Å²) in [5.41, 5.74) is 6.20. The van der Waals surface area contributed by atoms with E-state index in [0.717, 1.165) is 34.5 Å². The molecule has 158 valence electrons. The molecule has 0 radical (unpaired) electrons. The van der Waals surface area contributed by atoms with Gasteiger partial charge in [0.2, 0.25) is 0 Å². The number of benzene rings is 2. The molecule has 1 aliphatic rings. The van der Waals surface area contributed by atoms with E-state index < -0.39 is 5.97 Å². The summed E-state index contributed by atoms with van der Waals surface area (Å²) in [5, 5.41) is 14.7. The Morgan fingerprint density at radius 3 is 2.68 bits per heavy atom. The van der Waals surface area contributed by atoms with Crippen LogP contribution in [0.4, 0.5) is 16.4 Å². The topological polar surface area (TPSA) is 70.9 Å². The molecular weight excluding hydrogens is 408 g/mol. The Morgan fingerprint density at radius 1 is 1.19 bits per heavy atom. The van der Waals surface area contributed by atoms with E-state index in [0.29, 0.717) is 9.88 Å². The van der Waals surface area contributed by atoms with Crippen LogP contribution >= 0.6 is 11.3 Å². The molecule has 5 nitrogen and oxygen atoms in total. The van der Waals surface area contributed by atoms with Gasteiger partial charge in [0, 0.05) is 23.0 Å². The highest BCUT2D eigenvalue weighted by Crippen LogP contribution is 2.44. The number of hydrogen-bond donors (Lipinski definition) is 2. The number of esters is 1. The number of carbonyl (C=O) groups is 1. The van der Waals surface area contributed by atoms with Gasteiger partial charge in [-0.2, -0.15) is 0 Å². The minimum Gasteiger partial charge on any atom is -0.505 e. The Bertz CT molecular complexity index is 1190. The lowest BCUT2D eigenvalue weighted by Crippen LogP contribution is -2.06. The molecule has 1 aromatic heterocycles. The fourth-order valence-electron chi connectivity index (χ4n) is 3.51. The number of para-hydroxylation sites is 1. The first-order valence-corrected chi connectivity index (χ1v) is 11.1. The van der Waals surface area contributed by atoms with Crippen molar-refractivity contribution in [3.8, 4) is 5.75 Å². The van der Waals surface area contributed by atoms with Crippen molar-refractivity contribution in [2.24, 2.45) is 4.99 Å². The number of thiophene rings is 1. The SMILES string of the molecule is CCOC(=O)c1c(Nc2ccc(C)cc2)sc(C=C2C=Nc3c(CC)cccc32)c1O. The van der Waals surface area contributed by atoms with Gasteiger partial charge in [0.05, 0.1) is 17.2 Å². The zero-order valence-electron chi connectivity index (χ0n) is 17.7. The minimum atomic E-state index is -0.552. The van der Waals surface area contributed by atoms with Crippen LogP contribution in [0.15, 0.2) is 47.5 Å². The highest BCUT2D eigenvalue weighted by molar-refractivity contribution is 7.18. The number of aryl methyl sites for hydroxylation is 2. The summed E-state index contributed by atoms with van der Waals surface area (Å²) in [6, 6.07) is 14.0. The molecule has 2 heterocycles. The zero-order chi connectivity index (χ0) is 22.0. The Morgan fingerprint density at radius 2 is 1.97 bits per heavy atom. The Labute approximate surface area is 185 Å². The van der Waals surface area contributed by atoms with Crippen LogP contribution in [0.3, 0.4) is 0 Å². The van der Waals surface area contributed by atoms with Gasteiger partial charge in [-0.05, 0) is 44.0 Å². The van der Waals surface area contributed by atoms with Gasteiger partial charge in [0.15, 0.2) is 0 Å². The van der Waals surface area contributed by atoms with Crippen LogP contribution in [0.2, 0.25) is 0 Å². The van der Waals surface area contributed by atoms with Crippen molar-refractivity contribution in [1.82, 2.24) is 0 Å². The van der Waals surface area contributed by atoms with E-state index in [1.807, 2.05) is 49.4 Å². The van der Waals surface area contributed by atoms with Gasteiger partial charge in [0.25, 0.3) is 0 Å². The van der Waals surface area contributed by atoms with Crippen molar-refractivity contribution in [3.63, 3.8) is 0 Å². The first-order chi connectivity index (χ1) is 15.0. The average Bonchev–Trinajstić information content (AvgIpc) is 3.31.